The van der Waals surface area contributed by atoms with Crippen LogP contribution in [0.15, 0.2) is 29.3 Å². The van der Waals surface area contributed by atoms with E-state index in [-0.39, 0.29) is 11.2 Å². The number of rotatable bonds is 2. The summed E-state index contributed by atoms with van der Waals surface area (Å²) in [6.07, 6.45) is 3.37. The van der Waals surface area contributed by atoms with Gasteiger partial charge in [0.25, 0.3) is 0 Å². The fraction of sp³-hybridized carbons (Fsp3) is 0.500. The van der Waals surface area contributed by atoms with Crippen LogP contribution < -0.4 is 0 Å². The van der Waals surface area contributed by atoms with Crippen molar-refractivity contribution >= 4 is 5.78 Å². The maximum Gasteiger partial charge on any atom is 0.189 e. The van der Waals surface area contributed by atoms with Crippen molar-refractivity contribution < 1.29 is 4.79 Å². The lowest BCUT2D eigenvalue weighted by Gasteiger charge is -2.33. The zero-order valence-electron chi connectivity index (χ0n) is 12.8. The maximum absolute atomic E-state index is 12.8. The first kappa shape index (κ1) is 14.0. The molecule has 1 nitrogen and oxygen atoms in total. The SMILES string of the molecule is CC1=C(C(=O)c2ccc(C)c(C)c2)C(C)(C)CCC1. The van der Waals surface area contributed by atoms with E-state index in [0.29, 0.717) is 0 Å². The standard InChI is InChI=1S/C18H24O/c1-12-8-9-15(11-14(12)3)17(19)16-13(2)7-6-10-18(16,4)5/h8-9,11H,6-7,10H2,1-5H3. The molecule has 0 radical (unpaired) electrons. The van der Waals surface area contributed by atoms with Gasteiger partial charge in [-0.1, -0.05) is 31.6 Å². The van der Waals surface area contributed by atoms with E-state index in [0.717, 1.165) is 24.0 Å². The quantitative estimate of drug-likeness (QED) is 0.679. The number of hydrogen-bond acceptors (Lipinski definition) is 1. The van der Waals surface area contributed by atoms with Crippen molar-refractivity contribution in [3.05, 3.63) is 46.0 Å². The van der Waals surface area contributed by atoms with Gasteiger partial charge >= 0.3 is 0 Å². The van der Waals surface area contributed by atoms with Crippen LogP contribution in [0.1, 0.15) is 61.5 Å². The molecule has 1 heteroatoms. The Morgan fingerprint density at radius 3 is 2.37 bits per heavy atom. The van der Waals surface area contributed by atoms with E-state index >= 15 is 0 Å². The first-order chi connectivity index (χ1) is 8.83. The summed E-state index contributed by atoms with van der Waals surface area (Å²) in [7, 11) is 0. The molecule has 1 aliphatic rings. The lowest BCUT2D eigenvalue weighted by Crippen LogP contribution is -2.26. The molecule has 0 atom stereocenters. The van der Waals surface area contributed by atoms with Crippen LogP contribution in [0.25, 0.3) is 0 Å². The highest BCUT2D eigenvalue weighted by atomic mass is 16.1. The van der Waals surface area contributed by atoms with E-state index in [1.807, 2.05) is 18.2 Å². The van der Waals surface area contributed by atoms with Gasteiger partial charge in [0.1, 0.15) is 0 Å². The third-order valence-electron chi connectivity index (χ3n) is 4.45. The summed E-state index contributed by atoms with van der Waals surface area (Å²) in [6, 6.07) is 6.05. The van der Waals surface area contributed by atoms with Gasteiger partial charge in [0.2, 0.25) is 0 Å². The Balaban J connectivity index is 2.45. The van der Waals surface area contributed by atoms with Crippen molar-refractivity contribution in [3.8, 4) is 0 Å². The number of ketones is 1. The molecular formula is C18H24O. The minimum absolute atomic E-state index is 0.0121. The van der Waals surface area contributed by atoms with Crippen LogP contribution in [0.2, 0.25) is 0 Å². The molecule has 1 aliphatic carbocycles. The van der Waals surface area contributed by atoms with Gasteiger partial charge in [-0.15, -0.1) is 0 Å². The van der Waals surface area contributed by atoms with Gasteiger partial charge in [-0.3, -0.25) is 4.79 Å². The Kier molecular flexibility index (Phi) is 3.66. The number of hydrogen-bond donors (Lipinski definition) is 0. The molecule has 0 N–H and O–H groups in total. The molecule has 0 aliphatic heterocycles. The molecular weight excluding hydrogens is 232 g/mol. The highest BCUT2D eigenvalue weighted by Crippen LogP contribution is 2.41. The molecule has 1 aromatic carbocycles. The molecule has 0 spiro atoms. The largest absolute Gasteiger partial charge is 0.289 e. The van der Waals surface area contributed by atoms with Gasteiger partial charge in [0.05, 0.1) is 0 Å². The average molecular weight is 256 g/mol. The molecule has 0 unspecified atom stereocenters. The number of carbonyl (C=O) groups excluding carboxylic acids is 1. The van der Waals surface area contributed by atoms with Crippen molar-refractivity contribution in [2.24, 2.45) is 5.41 Å². The number of benzene rings is 1. The molecule has 2 rings (SSSR count). The number of Topliss-reactive ketones (excluding diaryl/α,β-unsaturated/α-hetero) is 1. The molecule has 102 valence electrons. The van der Waals surface area contributed by atoms with Crippen LogP contribution >= 0.6 is 0 Å². The average Bonchev–Trinajstić information content (AvgIpc) is 2.31. The molecule has 0 aromatic heterocycles. The van der Waals surface area contributed by atoms with Crippen LogP contribution in [0, 0.1) is 19.3 Å². The van der Waals surface area contributed by atoms with E-state index in [1.165, 1.54) is 23.1 Å². The van der Waals surface area contributed by atoms with Crippen molar-refractivity contribution in [2.45, 2.75) is 53.9 Å². The van der Waals surface area contributed by atoms with Crippen molar-refractivity contribution in [1.82, 2.24) is 0 Å². The fourth-order valence-corrected chi connectivity index (χ4v) is 3.15. The maximum atomic E-state index is 12.8. The summed E-state index contributed by atoms with van der Waals surface area (Å²) in [5, 5.41) is 0. The summed E-state index contributed by atoms with van der Waals surface area (Å²) in [4.78, 5) is 12.8. The van der Waals surface area contributed by atoms with E-state index in [1.54, 1.807) is 0 Å². The van der Waals surface area contributed by atoms with Gasteiger partial charge in [0.15, 0.2) is 5.78 Å². The lowest BCUT2D eigenvalue weighted by molar-refractivity contribution is 0.0997. The molecule has 0 fully saturated rings. The number of carbonyl (C=O) groups is 1. The topological polar surface area (TPSA) is 17.1 Å². The van der Waals surface area contributed by atoms with E-state index < -0.39 is 0 Å². The Hall–Kier alpha value is -1.37. The summed E-state index contributed by atoms with van der Waals surface area (Å²) in [5.74, 6) is 0.227. The smallest absolute Gasteiger partial charge is 0.189 e. The van der Waals surface area contributed by atoms with Gasteiger partial charge < -0.3 is 0 Å². The van der Waals surface area contributed by atoms with Crippen molar-refractivity contribution in [2.75, 3.05) is 0 Å². The fourth-order valence-electron chi connectivity index (χ4n) is 3.15. The van der Waals surface area contributed by atoms with Gasteiger partial charge in [-0.05, 0) is 62.6 Å². The molecule has 0 saturated heterocycles. The monoisotopic (exact) mass is 256 g/mol. The Bertz CT molecular complexity index is 547. The Morgan fingerprint density at radius 2 is 1.79 bits per heavy atom. The van der Waals surface area contributed by atoms with Crippen molar-refractivity contribution in [1.29, 1.82) is 0 Å². The first-order valence-corrected chi connectivity index (χ1v) is 7.15. The van der Waals surface area contributed by atoms with Gasteiger partial charge in [-0.25, -0.2) is 0 Å². The highest BCUT2D eigenvalue weighted by Gasteiger charge is 2.33. The summed E-state index contributed by atoms with van der Waals surface area (Å²) in [6.45, 7) is 10.7. The third kappa shape index (κ3) is 2.65. The third-order valence-corrected chi connectivity index (χ3v) is 4.45. The zero-order chi connectivity index (χ0) is 14.2. The van der Waals surface area contributed by atoms with Crippen LogP contribution in [-0.2, 0) is 0 Å². The molecule has 1 aromatic rings. The second-order valence-electron chi connectivity index (χ2n) is 6.52. The molecule has 0 bridgehead atoms. The first-order valence-electron chi connectivity index (χ1n) is 7.15. The second-order valence-corrected chi connectivity index (χ2v) is 6.52. The lowest BCUT2D eigenvalue weighted by atomic mass is 9.70. The predicted octanol–water partition coefficient (Wildman–Crippen LogP) is 5.01. The van der Waals surface area contributed by atoms with Crippen LogP contribution in [0.5, 0.6) is 0 Å². The molecule has 19 heavy (non-hydrogen) atoms. The predicted molar refractivity (Wildman–Crippen MR) is 80.6 cm³/mol. The van der Waals surface area contributed by atoms with E-state index in [4.69, 9.17) is 0 Å². The minimum atomic E-state index is 0.0121. The number of aryl methyl sites for hydroxylation is 2. The molecule has 0 saturated carbocycles. The second kappa shape index (κ2) is 4.96. The van der Waals surface area contributed by atoms with Gasteiger partial charge in [-0.2, -0.15) is 0 Å². The Labute approximate surface area is 116 Å². The normalized spacial score (nSPS) is 18.6. The molecule has 0 amide bonds. The molecule has 0 heterocycles. The van der Waals surface area contributed by atoms with Crippen LogP contribution in [0.4, 0.5) is 0 Å². The van der Waals surface area contributed by atoms with Gasteiger partial charge in [0, 0.05) is 11.1 Å². The highest BCUT2D eigenvalue weighted by molar-refractivity contribution is 6.10. The van der Waals surface area contributed by atoms with E-state index in [9.17, 15) is 4.79 Å². The van der Waals surface area contributed by atoms with Crippen LogP contribution in [-0.4, -0.2) is 5.78 Å². The van der Waals surface area contributed by atoms with Crippen molar-refractivity contribution in [3.63, 3.8) is 0 Å². The summed E-state index contributed by atoms with van der Waals surface area (Å²) < 4.78 is 0. The minimum Gasteiger partial charge on any atom is -0.289 e. The summed E-state index contributed by atoms with van der Waals surface area (Å²) >= 11 is 0. The zero-order valence-corrected chi connectivity index (χ0v) is 12.8. The Morgan fingerprint density at radius 1 is 1.11 bits per heavy atom. The van der Waals surface area contributed by atoms with E-state index in [2.05, 4.69) is 34.6 Å². The van der Waals surface area contributed by atoms with Crippen LogP contribution in [0.3, 0.4) is 0 Å². The summed E-state index contributed by atoms with van der Waals surface area (Å²) in [5.41, 5.74) is 5.61. The number of allylic oxidation sites excluding steroid dienone is 2.